The number of nitrogens with zero attached hydrogens (tertiary/aromatic N) is 3. The topological polar surface area (TPSA) is 43.7 Å². The Morgan fingerprint density at radius 3 is 1.00 bits per heavy atom. The largest absolute Gasteiger partial charge is 0.386 e. The van der Waals surface area contributed by atoms with Gasteiger partial charge < -0.3 is 19.2 Å². The van der Waals surface area contributed by atoms with Crippen LogP contribution in [0.4, 0.5) is 0 Å². The summed E-state index contributed by atoms with van der Waals surface area (Å²) in [4.78, 5) is 2.33. The normalized spacial score (nSPS) is 14.1. The van der Waals surface area contributed by atoms with Crippen LogP contribution in [0.2, 0.25) is 0 Å². The van der Waals surface area contributed by atoms with Crippen molar-refractivity contribution in [1.29, 1.82) is 0 Å². The summed E-state index contributed by atoms with van der Waals surface area (Å²) in [5.41, 5.74) is 0. The Morgan fingerprint density at radius 1 is 0.419 bits per heavy atom. The lowest BCUT2D eigenvalue weighted by Gasteiger charge is -2.36. The van der Waals surface area contributed by atoms with E-state index in [0.717, 1.165) is 54.5 Å². The summed E-state index contributed by atoms with van der Waals surface area (Å²) in [6.07, 6.45) is 28.9. The van der Waals surface area contributed by atoms with Crippen LogP contribution in [0.15, 0.2) is 0 Å². The summed E-state index contributed by atoms with van der Waals surface area (Å²) in [6, 6.07) is 0. The fraction of sp³-hybridized carbons (Fsp3) is 1.00. The minimum absolute atomic E-state index is 0.351. The molecule has 0 aliphatic rings. The molecule has 0 aromatic heterocycles. The third-order valence-corrected chi connectivity index (χ3v) is 9.41. The molecule has 5 nitrogen and oxygen atoms in total. The molecule has 0 aliphatic heterocycles. The summed E-state index contributed by atoms with van der Waals surface area (Å²) < 4.78 is 1.76. The molecule has 0 aromatic carbocycles. The maximum Gasteiger partial charge on any atom is 0.115 e. The fourth-order valence-electron chi connectivity index (χ4n) is 6.73. The van der Waals surface area contributed by atoms with E-state index < -0.39 is 0 Å². The standard InChI is InChI=1S/C38H83N3O2/c1-8-11-14-16-18-20-22-24-26-28-31-40(4,5)35-37(42)33-39(30-13-10-3)34-38(43)36-41(6,7)32-29-27-25-23-21-19-17-15-12-9-2/h37-38,42-43H,8-36H2,1-7H3/q+2. The Bertz CT molecular complexity index is 538. The Balaban J connectivity index is 4.30. The number of quaternary nitrogens is 2. The highest BCUT2D eigenvalue weighted by Gasteiger charge is 2.26. The monoisotopic (exact) mass is 614 g/mol. The van der Waals surface area contributed by atoms with Gasteiger partial charge >= 0.3 is 0 Å². The Hall–Kier alpha value is -0.200. The van der Waals surface area contributed by atoms with Crippen molar-refractivity contribution in [1.82, 2.24) is 4.90 Å². The summed E-state index contributed by atoms with van der Waals surface area (Å²) in [7, 11) is 9.09. The second kappa shape index (κ2) is 28.1. The first-order valence-corrected chi connectivity index (χ1v) is 19.3. The van der Waals surface area contributed by atoms with Gasteiger partial charge in [0.1, 0.15) is 25.3 Å². The van der Waals surface area contributed by atoms with Gasteiger partial charge in [0.15, 0.2) is 0 Å². The molecule has 2 N–H and O–H groups in total. The van der Waals surface area contributed by atoms with Gasteiger partial charge in [-0.3, -0.25) is 4.90 Å². The van der Waals surface area contributed by atoms with Crippen molar-refractivity contribution in [2.24, 2.45) is 0 Å². The van der Waals surface area contributed by atoms with Gasteiger partial charge in [-0.05, 0) is 38.6 Å². The molecular weight excluding hydrogens is 530 g/mol. The molecule has 2 atom stereocenters. The molecule has 260 valence electrons. The van der Waals surface area contributed by atoms with Crippen molar-refractivity contribution in [3.05, 3.63) is 0 Å². The zero-order valence-electron chi connectivity index (χ0n) is 30.9. The first kappa shape index (κ1) is 42.8. The number of hydrogen-bond acceptors (Lipinski definition) is 3. The van der Waals surface area contributed by atoms with Crippen LogP contribution in [0.1, 0.15) is 162 Å². The van der Waals surface area contributed by atoms with Gasteiger partial charge in [-0.15, -0.1) is 0 Å². The van der Waals surface area contributed by atoms with Crippen LogP contribution < -0.4 is 0 Å². The summed E-state index contributed by atoms with van der Waals surface area (Å²) >= 11 is 0. The van der Waals surface area contributed by atoms with E-state index in [4.69, 9.17) is 0 Å². The van der Waals surface area contributed by atoms with Gasteiger partial charge in [0.05, 0.1) is 41.3 Å². The van der Waals surface area contributed by atoms with Crippen LogP contribution >= 0.6 is 0 Å². The number of aliphatic hydroxyl groups is 2. The summed E-state index contributed by atoms with van der Waals surface area (Å²) in [6.45, 7) is 12.9. The molecule has 43 heavy (non-hydrogen) atoms. The fourth-order valence-corrected chi connectivity index (χ4v) is 6.73. The van der Waals surface area contributed by atoms with Gasteiger partial charge in [-0.25, -0.2) is 0 Å². The zero-order valence-corrected chi connectivity index (χ0v) is 30.9. The molecule has 0 rings (SSSR count). The van der Waals surface area contributed by atoms with Crippen LogP contribution in [-0.4, -0.2) is 110 Å². The van der Waals surface area contributed by atoms with Crippen molar-refractivity contribution < 1.29 is 19.2 Å². The molecule has 0 radical (unpaired) electrons. The molecule has 0 spiro atoms. The molecular formula is C38H83N3O2+2. The lowest BCUT2D eigenvalue weighted by atomic mass is 10.1. The number of aliphatic hydroxyl groups excluding tert-OH is 2. The number of unbranched alkanes of at least 4 members (excludes halogenated alkanes) is 19. The van der Waals surface area contributed by atoms with E-state index in [9.17, 15) is 10.2 Å². The Morgan fingerprint density at radius 2 is 0.698 bits per heavy atom. The molecule has 0 saturated carbocycles. The zero-order chi connectivity index (χ0) is 32.2. The van der Waals surface area contributed by atoms with Crippen molar-refractivity contribution in [3.8, 4) is 0 Å². The van der Waals surface area contributed by atoms with Gasteiger partial charge in [-0.1, -0.05) is 130 Å². The van der Waals surface area contributed by atoms with Gasteiger partial charge in [0.25, 0.3) is 0 Å². The van der Waals surface area contributed by atoms with E-state index in [1.165, 1.54) is 128 Å². The van der Waals surface area contributed by atoms with E-state index in [-0.39, 0.29) is 12.2 Å². The van der Waals surface area contributed by atoms with Crippen molar-refractivity contribution in [2.45, 2.75) is 174 Å². The molecule has 0 aromatic rings. The van der Waals surface area contributed by atoms with Crippen LogP contribution in [0.3, 0.4) is 0 Å². The molecule has 2 unspecified atom stereocenters. The smallest absolute Gasteiger partial charge is 0.115 e. The average molecular weight is 614 g/mol. The van der Waals surface area contributed by atoms with Crippen LogP contribution in [0.5, 0.6) is 0 Å². The highest BCUT2D eigenvalue weighted by Crippen LogP contribution is 2.14. The SMILES string of the molecule is CCCCCCCCCCCC[N+](C)(C)CC(O)CN(CCCC)CC(O)C[N+](C)(C)CCCCCCCCCCCC. The average Bonchev–Trinajstić information content (AvgIpc) is 2.93. The Kier molecular flexibility index (Phi) is 27.9. The van der Waals surface area contributed by atoms with Gasteiger partial charge in [0, 0.05) is 13.1 Å². The van der Waals surface area contributed by atoms with Crippen molar-refractivity contribution in [3.63, 3.8) is 0 Å². The second-order valence-electron chi connectivity index (χ2n) is 15.5. The van der Waals surface area contributed by atoms with Crippen molar-refractivity contribution >= 4 is 0 Å². The van der Waals surface area contributed by atoms with E-state index in [2.05, 4.69) is 53.9 Å². The summed E-state index contributed by atoms with van der Waals surface area (Å²) in [5, 5.41) is 22.2. The minimum Gasteiger partial charge on any atom is -0.386 e. The summed E-state index contributed by atoms with van der Waals surface area (Å²) in [5.74, 6) is 0. The highest BCUT2D eigenvalue weighted by atomic mass is 16.3. The van der Waals surface area contributed by atoms with Crippen molar-refractivity contribution in [2.75, 3.05) is 74.0 Å². The minimum atomic E-state index is -0.351. The van der Waals surface area contributed by atoms with E-state index in [1.54, 1.807) is 0 Å². The molecule has 0 saturated heterocycles. The number of likely N-dealkylation sites (N-methyl/N-ethyl adjacent to an activating group) is 2. The Labute approximate surface area is 272 Å². The first-order chi connectivity index (χ1) is 20.5. The third kappa shape index (κ3) is 29.0. The lowest BCUT2D eigenvalue weighted by Crippen LogP contribution is -2.52. The number of rotatable bonds is 33. The quantitative estimate of drug-likeness (QED) is 0.0574. The molecule has 0 heterocycles. The molecule has 0 aliphatic carbocycles. The maximum absolute atomic E-state index is 11.1. The van der Waals surface area contributed by atoms with Crippen LogP contribution in [0.25, 0.3) is 0 Å². The molecule has 0 amide bonds. The maximum atomic E-state index is 11.1. The second-order valence-corrected chi connectivity index (χ2v) is 15.5. The third-order valence-electron chi connectivity index (χ3n) is 9.41. The van der Waals surface area contributed by atoms with E-state index in [0.29, 0.717) is 13.1 Å². The van der Waals surface area contributed by atoms with Gasteiger partial charge in [0.2, 0.25) is 0 Å². The lowest BCUT2D eigenvalue weighted by molar-refractivity contribution is -0.893. The predicted octanol–water partition coefficient (Wildman–Crippen LogP) is 8.80. The molecule has 0 bridgehead atoms. The molecule has 0 fully saturated rings. The van der Waals surface area contributed by atoms with E-state index >= 15 is 0 Å². The predicted molar refractivity (Wildman–Crippen MR) is 191 cm³/mol. The molecule has 5 heteroatoms. The van der Waals surface area contributed by atoms with Crippen LogP contribution in [0, 0.1) is 0 Å². The van der Waals surface area contributed by atoms with Gasteiger partial charge in [-0.2, -0.15) is 0 Å². The highest BCUT2D eigenvalue weighted by molar-refractivity contribution is 4.69. The van der Waals surface area contributed by atoms with E-state index in [1.807, 2.05) is 0 Å². The first-order valence-electron chi connectivity index (χ1n) is 19.3. The number of hydrogen-bond donors (Lipinski definition) is 2. The van der Waals surface area contributed by atoms with Crippen LogP contribution in [-0.2, 0) is 0 Å².